The number of carbonyl (C=O) groups excluding carboxylic acids is 1. The molecule has 2 aromatic rings. The van der Waals surface area contributed by atoms with Crippen molar-refractivity contribution in [1.29, 1.82) is 0 Å². The van der Waals surface area contributed by atoms with E-state index in [1.807, 2.05) is 19.1 Å². The smallest absolute Gasteiger partial charge is 0.264 e. The minimum absolute atomic E-state index is 0.246. The van der Waals surface area contributed by atoms with Gasteiger partial charge in [-0.3, -0.25) is 4.79 Å². The van der Waals surface area contributed by atoms with E-state index in [4.69, 9.17) is 32.7 Å². The second kappa shape index (κ2) is 8.25. The van der Waals surface area contributed by atoms with Gasteiger partial charge in [0, 0.05) is 11.1 Å². The summed E-state index contributed by atoms with van der Waals surface area (Å²) >= 11 is 13.7. The Kier molecular flexibility index (Phi) is 5.99. The number of hydrogen-bond donors (Lipinski definition) is 1. The first-order chi connectivity index (χ1) is 12.9. The zero-order chi connectivity index (χ0) is 19.6. The maximum Gasteiger partial charge on any atom is 0.264 e. The van der Waals surface area contributed by atoms with Gasteiger partial charge >= 0.3 is 0 Å². The lowest BCUT2D eigenvalue weighted by Gasteiger charge is -2.09. The van der Waals surface area contributed by atoms with Gasteiger partial charge in [-0.05, 0) is 54.1 Å². The molecule has 1 saturated heterocycles. The van der Waals surface area contributed by atoms with E-state index >= 15 is 0 Å². The van der Waals surface area contributed by atoms with E-state index in [9.17, 15) is 4.79 Å². The van der Waals surface area contributed by atoms with E-state index in [0.29, 0.717) is 42.9 Å². The molecule has 0 spiro atoms. The average molecular weight is 423 g/mol. The number of halogens is 2. The third-order valence-electron chi connectivity index (χ3n) is 3.90. The number of ether oxygens (including phenoxy) is 2. The monoisotopic (exact) mass is 422 g/mol. The maximum atomic E-state index is 12.3. The highest BCUT2D eigenvalue weighted by Crippen LogP contribution is 2.36. The summed E-state index contributed by atoms with van der Waals surface area (Å²) in [7, 11) is 3.07. The third-order valence-corrected chi connectivity index (χ3v) is 5.55. The normalized spacial score (nSPS) is 16.7. The molecule has 5 nitrogen and oxygen atoms in total. The second-order valence-electron chi connectivity index (χ2n) is 5.59. The van der Waals surface area contributed by atoms with E-state index < -0.39 is 0 Å². The van der Waals surface area contributed by atoms with Crippen molar-refractivity contribution in [3.63, 3.8) is 0 Å². The van der Waals surface area contributed by atoms with Crippen LogP contribution in [0.3, 0.4) is 0 Å². The standard InChI is InChI=1S/C19H16Cl2N2O3S/c1-10-12(20)5-4-6-14(10)22-19-23-18(24)17(27-19)8-11-7-15(25-2)16(26-3)9-13(11)21/h4-9H,1-3H3,(H,22,23,24)/b17-8+. The van der Waals surface area contributed by atoms with E-state index in [-0.39, 0.29) is 5.91 Å². The molecule has 140 valence electrons. The van der Waals surface area contributed by atoms with Gasteiger partial charge in [0.25, 0.3) is 5.91 Å². The predicted molar refractivity (Wildman–Crippen MR) is 112 cm³/mol. The Morgan fingerprint density at radius 2 is 1.81 bits per heavy atom. The lowest BCUT2D eigenvalue weighted by Crippen LogP contribution is -2.19. The molecule has 1 aliphatic heterocycles. The topological polar surface area (TPSA) is 59.9 Å². The van der Waals surface area contributed by atoms with Gasteiger partial charge in [-0.15, -0.1) is 0 Å². The van der Waals surface area contributed by atoms with Crippen LogP contribution in [-0.4, -0.2) is 25.3 Å². The molecule has 1 heterocycles. The zero-order valence-corrected chi connectivity index (χ0v) is 17.1. The number of amides is 1. The van der Waals surface area contributed by atoms with Gasteiger partial charge in [-0.1, -0.05) is 29.3 Å². The number of amidine groups is 1. The lowest BCUT2D eigenvalue weighted by molar-refractivity contribution is -0.115. The van der Waals surface area contributed by atoms with E-state index in [1.165, 1.54) is 26.0 Å². The Bertz CT molecular complexity index is 974. The first-order valence-electron chi connectivity index (χ1n) is 7.89. The molecule has 1 amide bonds. The van der Waals surface area contributed by atoms with Crippen LogP contribution >= 0.6 is 35.0 Å². The summed E-state index contributed by atoms with van der Waals surface area (Å²) in [6.07, 6.45) is 1.69. The highest BCUT2D eigenvalue weighted by Gasteiger charge is 2.24. The number of thioether (sulfide) groups is 1. The fourth-order valence-electron chi connectivity index (χ4n) is 2.43. The average Bonchev–Trinajstić information content (AvgIpc) is 2.99. The van der Waals surface area contributed by atoms with Crippen LogP contribution in [0.25, 0.3) is 6.08 Å². The number of aliphatic imine (C=N–C) groups is 1. The van der Waals surface area contributed by atoms with Gasteiger partial charge in [0.15, 0.2) is 16.7 Å². The Morgan fingerprint density at radius 3 is 2.52 bits per heavy atom. The van der Waals surface area contributed by atoms with Crippen molar-refractivity contribution in [3.8, 4) is 11.5 Å². The molecule has 1 N–H and O–H groups in total. The number of carbonyl (C=O) groups is 1. The molecule has 1 aliphatic rings. The van der Waals surface area contributed by atoms with Crippen molar-refractivity contribution in [2.75, 3.05) is 14.2 Å². The summed E-state index contributed by atoms with van der Waals surface area (Å²) in [5, 5.41) is 4.31. The van der Waals surface area contributed by atoms with Crippen molar-refractivity contribution in [1.82, 2.24) is 5.32 Å². The van der Waals surface area contributed by atoms with E-state index in [2.05, 4.69) is 10.3 Å². The molecule has 0 aromatic heterocycles. The van der Waals surface area contributed by atoms with Crippen LogP contribution in [-0.2, 0) is 4.79 Å². The molecule has 0 atom stereocenters. The Balaban J connectivity index is 1.92. The number of rotatable bonds is 4. The van der Waals surface area contributed by atoms with Gasteiger partial charge in [-0.25, -0.2) is 4.99 Å². The quantitative estimate of drug-likeness (QED) is 0.686. The van der Waals surface area contributed by atoms with E-state index in [0.717, 1.165) is 5.56 Å². The number of nitrogens with one attached hydrogen (secondary N) is 1. The molecule has 8 heteroatoms. The van der Waals surface area contributed by atoms with E-state index in [1.54, 1.807) is 24.3 Å². The van der Waals surface area contributed by atoms with Crippen molar-refractivity contribution in [2.24, 2.45) is 4.99 Å². The van der Waals surface area contributed by atoms with Crippen LogP contribution < -0.4 is 14.8 Å². The summed E-state index contributed by atoms with van der Waals surface area (Å²) in [6, 6.07) is 8.82. The molecule has 1 fully saturated rings. The predicted octanol–water partition coefficient (Wildman–Crippen LogP) is 5.21. The Morgan fingerprint density at radius 1 is 1.11 bits per heavy atom. The summed E-state index contributed by atoms with van der Waals surface area (Å²) in [5.41, 5.74) is 2.20. The largest absolute Gasteiger partial charge is 0.493 e. The number of methoxy groups -OCH3 is 2. The summed E-state index contributed by atoms with van der Waals surface area (Å²) in [6.45, 7) is 1.88. The Hall–Kier alpha value is -2.15. The van der Waals surface area contributed by atoms with Crippen LogP contribution in [0.1, 0.15) is 11.1 Å². The zero-order valence-electron chi connectivity index (χ0n) is 14.8. The van der Waals surface area contributed by atoms with Gasteiger partial charge in [0.2, 0.25) is 0 Å². The van der Waals surface area contributed by atoms with Crippen LogP contribution in [0, 0.1) is 6.92 Å². The van der Waals surface area contributed by atoms with Crippen LogP contribution in [0.15, 0.2) is 40.2 Å². The Labute approximate surface area is 171 Å². The molecule has 0 unspecified atom stereocenters. The van der Waals surface area contributed by atoms with Crippen molar-refractivity contribution in [2.45, 2.75) is 6.92 Å². The molecular weight excluding hydrogens is 407 g/mol. The fraction of sp³-hybridized carbons (Fsp3) is 0.158. The summed E-state index contributed by atoms with van der Waals surface area (Å²) < 4.78 is 10.5. The van der Waals surface area contributed by atoms with Gasteiger partial charge in [0.1, 0.15) is 0 Å². The van der Waals surface area contributed by atoms with Gasteiger partial charge < -0.3 is 14.8 Å². The highest BCUT2D eigenvalue weighted by atomic mass is 35.5. The fourth-order valence-corrected chi connectivity index (χ4v) is 3.63. The molecule has 0 bridgehead atoms. The maximum absolute atomic E-state index is 12.3. The second-order valence-corrected chi connectivity index (χ2v) is 7.44. The molecule has 3 rings (SSSR count). The summed E-state index contributed by atoms with van der Waals surface area (Å²) in [4.78, 5) is 17.3. The third kappa shape index (κ3) is 4.24. The van der Waals surface area contributed by atoms with Crippen LogP contribution in [0.4, 0.5) is 5.69 Å². The molecule has 0 aliphatic carbocycles. The lowest BCUT2D eigenvalue weighted by atomic mass is 10.2. The number of benzene rings is 2. The number of nitrogens with zero attached hydrogens (tertiary/aromatic N) is 1. The molecule has 2 aromatic carbocycles. The molecule has 0 radical (unpaired) electrons. The van der Waals surface area contributed by atoms with Gasteiger partial charge in [0.05, 0.1) is 29.8 Å². The minimum Gasteiger partial charge on any atom is -0.493 e. The van der Waals surface area contributed by atoms with Gasteiger partial charge in [-0.2, -0.15) is 0 Å². The van der Waals surface area contributed by atoms with Crippen LogP contribution in [0.2, 0.25) is 10.0 Å². The molecule has 27 heavy (non-hydrogen) atoms. The SMILES string of the molecule is COc1cc(Cl)c(/C=C2/SC(=Nc3cccc(Cl)c3C)NC2=O)cc1OC. The first-order valence-corrected chi connectivity index (χ1v) is 9.46. The molecule has 0 saturated carbocycles. The first kappa shape index (κ1) is 19.6. The van der Waals surface area contributed by atoms with Crippen LogP contribution in [0.5, 0.6) is 11.5 Å². The van der Waals surface area contributed by atoms with Crippen molar-refractivity contribution >= 4 is 57.8 Å². The minimum atomic E-state index is -0.246. The van der Waals surface area contributed by atoms with Crippen molar-refractivity contribution < 1.29 is 14.3 Å². The molecular formula is C19H16Cl2N2O3S. The number of hydrogen-bond acceptors (Lipinski definition) is 5. The van der Waals surface area contributed by atoms with Crippen molar-refractivity contribution in [3.05, 3.63) is 56.4 Å². The highest BCUT2D eigenvalue weighted by molar-refractivity contribution is 8.18. The summed E-state index contributed by atoms with van der Waals surface area (Å²) in [5.74, 6) is 0.803.